The molecule has 0 N–H and O–H groups in total. The van der Waals surface area contributed by atoms with Gasteiger partial charge in [0.15, 0.2) is 6.20 Å². The highest BCUT2D eigenvalue weighted by atomic mass is 15.0. The highest BCUT2D eigenvalue weighted by Gasteiger charge is 2.24. The van der Waals surface area contributed by atoms with Gasteiger partial charge in [-0.15, -0.1) is 0 Å². The first-order chi connectivity index (χ1) is 22.7. The number of hydrogen-bond acceptors (Lipinski definition) is 1. The average molecular weight is 589 g/mol. The molecule has 0 aliphatic heterocycles. The Hall–Kier alpha value is -6.36. The summed E-state index contributed by atoms with van der Waals surface area (Å²) in [5.74, 6) is -0.614. The number of allylic oxidation sites excluding steroid dienone is 2. The number of rotatable bonds is 6. The van der Waals surface area contributed by atoms with Gasteiger partial charge in [0.25, 0.3) is 0 Å². The Bertz CT molecular complexity index is 2550. The summed E-state index contributed by atoms with van der Waals surface area (Å²) in [5, 5.41) is 17.5. The fraction of sp³-hybridized carbons (Fsp3) is 0.0476. The van der Waals surface area contributed by atoms with Gasteiger partial charge in [0.2, 0.25) is 0 Å². The molecule has 2 heterocycles. The van der Waals surface area contributed by atoms with Crippen molar-refractivity contribution in [1.82, 2.24) is 9.13 Å². The number of hydrogen-bond donors (Lipinski definition) is 0. The van der Waals surface area contributed by atoms with Gasteiger partial charge >= 0.3 is 0 Å². The molecule has 4 nitrogen and oxygen atoms in total. The van der Waals surface area contributed by atoms with Crippen LogP contribution in [0.5, 0.6) is 0 Å². The van der Waals surface area contributed by atoms with Crippen LogP contribution in [0, 0.1) is 23.8 Å². The van der Waals surface area contributed by atoms with Crippen molar-refractivity contribution < 1.29 is 0 Å². The second-order valence-electron chi connectivity index (χ2n) is 11.6. The lowest BCUT2D eigenvalue weighted by molar-refractivity contribution is 0.814. The van der Waals surface area contributed by atoms with Crippen LogP contribution >= 0.6 is 0 Å². The molecule has 46 heavy (non-hydrogen) atoms. The van der Waals surface area contributed by atoms with Crippen molar-refractivity contribution in [3.63, 3.8) is 0 Å². The summed E-state index contributed by atoms with van der Waals surface area (Å²) in [5.41, 5.74) is 7.79. The van der Waals surface area contributed by atoms with E-state index in [1.165, 1.54) is 22.4 Å². The second-order valence-corrected chi connectivity index (χ2v) is 11.6. The zero-order chi connectivity index (χ0) is 31.2. The number of benzene rings is 6. The van der Waals surface area contributed by atoms with Crippen LogP contribution in [0.15, 0.2) is 146 Å². The monoisotopic (exact) mass is 588 g/mol. The van der Waals surface area contributed by atoms with Crippen LogP contribution < -0.4 is 0 Å². The third kappa shape index (κ3) is 4.20. The van der Waals surface area contributed by atoms with Gasteiger partial charge in [0, 0.05) is 39.4 Å². The molecule has 0 spiro atoms. The quantitative estimate of drug-likeness (QED) is 0.178. The van der Waals surface area contributed by atoms with Crippen LogP contribution in [-0.2, 0) is 0 Å². The smallest absolute Gasteiger partial charge is 0.174 e. The van der Waals surface area contributed by atoms with Crippen molar-refractivity contribution in [1.29, 1.82) is 5.26 Å². The van der Waals surface area contributed by atoms with E-state index in [1.54, 1.807) is 0 Å². The van der Waals surface area contributed by atoms with Crippen LogP contribution in [-0.4, -0.2) is 9.13 Å². The minimum absolute atomic E-state index is 0.352. The third-order valence-corrected chi connectivity index (χ3v) is 9.07. The number of fused-ring (bicyclic) bond motifs is 8. The van der Waals surface area contributed by atoms with Gasteiger partial charge < -0.3 is 9.13 Å². The molecule has 0 aliphatic rings. The van der Waals surface area contributed by atoms with E-state index in [-0.39, 0.29) is 0 Å². The highest BCUT2D eigenvalue weighted by Crippen LogP contribution is 2.41. The first-order valence-corrected chi connectivity index (χ1v) is 15.3. The molecule has 0 saturated carbocycles. The molecule has 216 valence electrons. The Kier molecular flexibility index (Phi) is 6.49. The molecular weight excluding hydrogens is 560 g/mol. The molecule has 1 atom stereocenters. The fourth-order valence-electron chi connectivity index (χ4n) is 7.05. The molecule has 0 fully saturated rings. The van der Waals surface area contributed by atoms with Gasteiger partial charge in [-0.2, -0.15) is 5.26 Å². The van der Waals surface area contributed by atoms with Crippen LogP contribution in [0.4, 0.5) is 0 Å². The summed E-state index contributed by atoms with van der Waals surface area (Å²) >= 11 is 0. The van der Waals surface area contributed by atoms with E-state index in [0.29, 0.717) is 12.1 Å². The molecule has 8 rings (SSSR count). The van der Waals surface area contributed by atoms with E-state index in [1.807, 2.05) is 30.3 Å². The fourth-order valence-corrected chi connectivity index (χ4v) is 7.05. The molecule has 0 aliphatic carbocycles. The second kappa shape index (κ2) is 11.0. The lowest BCUT2D eigenvalue weighted by Gasteiger charge is -2.20. The summed E-state index contributed by atoms with van der Waals surface area (Å²) in [6.07, 6.45) is 1.86. The molecule has 0 radical (unpaired) electrons. The molecule has 1 unspecified atom stereocenters. The lowest BCUT2D eigenvalue weighted by atomic mass is 10.0. The summed E-state index contributed by atoms with van der Waals surface area (Å²) in [4.78, 5) is 3.70. The SMILES string of the molecule is [C-]#[N+]/C=C(/C(C#N)CC(=C)n1c2ccc(-c3ccccc3)cc2c2c3ccccc3ccc21)n1c2ccccc2c2ccccc21. The Balaban J connectivity index is 1.30. The van der Waals surface area contributed by atoms with E-state index in [9.17, 15) is 5.26 Å². The minimum Gasteiger partial charge on any atom is -0.322 e. The topological polar surface area (TPSA) is 38.0 Å². The Morgan fingerprint density at radius 1 is 0.674 bits per heavy atom. The largest absolute Gasteiger partial charge is 0.322 e. The molecule has 6 aromatic carbocycles. The van der Waals surface area contributed by atoms with Crippen LogP contribution in [0.2, 0.25) is 0 Å². The van der Waals surface area contributed by atoms with Crippen molar-refractivity contribution in [2.24, 2.45) is 5.92 Å². The summed E-state index contributed by atoms with van der Waals surface area (Å²) in [7, 11) is 0. The third-order valence-electron chi connectivity index (χ3n) is 9.07. The molecule has 8 aromatic rings. The minimum atomic E-state index is -0.614. The van der Waals surface area contributed by atoms with Crippen LogP contribution in [0.25, 0.3) is 81.8 Å². The van der Waals surface area contributed by atoms with Gasteiger partial charge in [-0.3, -0.25) is 0 Å². The van der Waals surface area contributed by atoms with Crippen molar-refractivity contribution in [2.45, 2.75) is 6.42 Å². The summed E-state index contributed by atoms with van der Waals surface area (Å²) in [6, 6.07) is 48.7. The highest BCUT2D eigenvalue weighted by molar-refractivity contribution is 6.22. The number of aromatic nitrogens is 2. The van der Waals surface area contributed by atoms with Crippen LogP contribution in [0.3, 0.4) is 0 Å². The van der Waals surface area contributed by atoms with E-state index in [2.05, 4.69) is 130 Å². The Labute approximate surface area is 266 Å². The van der Waals surface area contributed by atoms with E-state index < -0.39 is 5.92 Å². The average Bonchev–Trinajstić information content (AvgIpc) is 3.63. The first kappa shape index (κ1) is 27.2. The van der Waals surface area contributed by atoms with Crippen molar-refractivity contribution in [3.05, 3.63) is 158 Å². The zero-order valence-corrected chi connectivity index (χ0v) is 25.1. The van der Waals surface area contributed by atoms with E-state index in [0.717, 1.165) is 55.0 Å². The molecular formula is C42H28N4. The maximum atomic E-state index is 10.7. The number of nitrogens with zero attached hydrogens (tertiary/aromatic N) is 4. The van der Waals surface area contributed by atoms with Crippen molar-refractivity contribution in [2.75, 3.05) is 0 Å². The van der Waals surface area contributed by atoms with Crippen LogP contribution in [0.1, 0.15) is 6.42 Å². The van der Waals surface area contributed by atoms with Gasteiger partial charge in [-0.05, 0) is 52.2 Å². The lowest BCUT2D eigenvalue weighted by Crippen LogP contribution is -2.10. The zero-order valence-electron chi connectivity index (χ0n) is 25.1. The van der Waals surface area contributed by atoms with Gasteiger partial charge in [0.1, 0.15) is 0 Å². The number of para-hydroxylation sites is 2. The maximum Gasteiger partial charge on any atom is 0.174 e. The van der Waals surface area contributed by atoms with Gasteiger partial charge in [-0.25, -0.2) is 4.85 Å². The maximum absolute atomic E-state index is 10.7. The summed E-state index contributed by atoms with van der Waals surface area (Å²) in [6.45, 7) is 12.4. The normalized spacial score (nSPS) is 12.5. The first-order valence-electron chi connectivity index (χ1n) is 15.3. The predicted octanol–water partition coefficient (Wildman–Crippen LogP) is 11.1. The molecule has 0 saturated heterocycles. The number of nitriles is 1. The Morgan fingerprint density at radius 2 is 1.28 bits per heavy atom. The Morgan fingerprint density at radius 3 is 1.98 bits per heavy atom. The standard InChI is InChI=1S/C42H28N4/c1-28(24-32(26-43)41(27-44-2)46-37-18-10-8-16-34(37)35-17-9-11-19-38(35)46)45-39-22-21-31(29-12-4-3-5-13-29)25-36(39)42-33-15-7-6-14-30(33)20-23-40(42)45/h3-23,25,27,32H,1,24H2/b41-27-. The molecule has 2 aromatic heterocycles. The van der Waals surface area contributed by atoms with Crippen molar-refractivity contribution in [3.8, 4) is 17.2 Å². The van der Waals surface area contributed by atoms with Gasteiger partial charge in [0.05, 0.1) is 40.6 Å². The molecule has 4 heteroatoms. The van der Waals surface area contributed by atoms with E-state index in [4.69, 9.17) is 6.57 Å². The summed E-state index contributed by atoms with van der Waals surface area (Å²) < 4.78 is 4.28. The van der Waals surface area contributed by atoms with Crippen molar-refractivity contribution >= 4 is 65.8 Å². The predicted molar refractivity (Wildman–Crippen MR) is 192 cm³/mol. The van der Waals surface area contributed by atoms with E-state index >= 15 is 0 Å². The molecule has 0 amide bonds. The van der Waals surface area contributed by atoms with Gasteiger partial charge in [-0.1, -0.05) is 110 Å². The molecule has 0 bridgehead atoms.